The minimum absolute atomic E-state index is 0.0328. The summed E-state index contributed by atoms with van der Waals surface area (Å²) in [7, 11) is -2.40. The molecule has 4 aromatic rings. The molecule has 0 fully saturated rings. The van der Waals surface area contributed by atoms with Gasteiger partial charge in [-0.15, -0.1) is 0 Å². The molecule has 2 aromatic heterocycles. The van der Waals surface area contributed by atoms with Crippen molar-refractivity contribution < 1.29 is 17.9 Å². The number of anilines is 1. The van der Waals surface area contributed by atoms with Crippen LogP contribution in [-0.2, 0) is 15.8 Å². The van der Waals surface area contributed by atoms with Crippen molar-refractivity contribution in [3.8, 4) is 28.9 Å². The Balaban J connectivity index is 1.77. The maximum absolute atomic E-state index is 12.9. The highest BCUT2D eigenvalue weighted by Crippen LogP contribution is 2.39. The molecule has 0 saturated heterocycles. The lowest BCUT2D eigenvalue weighted by Gasteiger charge is -2.16. The fourth-order valence-electron chi connectivity index (χ4n) is 2.89. The minimum atomic E-state index is -3.88. The van der Waals surface area contributed by atoms with Gasteiger partial charge < -0.3 is 9.47 Å². The lowest BCUT2D eigenvalue weighted by atomic mass is 10.2. The Bertz CT molecular complexity index is 1360. The van der Waals surface area contributed by atoms with E-state index in [0.29, 0.717) is 17.1 Å². The van der Waals surface area contributed by atoms with E-state index in [1.54, 1.807) is 60.7 Å². The summed E-state index contributed by atoms with van der Waals surface area (Å²) in [6.45, 7) is 0. The first-order valence-corrected chi connectivity index (χ1v) is 11.7. The summed E-state index contributed by atoms with van der Waals surface area (Å²) in [6.07, 6.45) is 3.02. The summed E-state index contributed by atoms with van der Waals surface area (Å²) in [5, 5.41) is -0.129. The summed E-state index contributed by atoms with van der Waals surface area (Å²) >= 11 is 6.41. The van der Waals surface area contributed by atoms with Crippen LogP contribution in [0.25, 0.3) is 11.6 Å². The third kappa shape index (κ3) is 5.54. The van der Waals surface area contributed by atoms with Gasteiger partial charge >= 0.3 is 0 Å². The van der Waals surface area contributed by atoms with Crippen molar-refractivity contribution in [3.05, 3.63) is 83.8 Å². The van der Waals surface area contributed by atoms with Crippen LogP contribution in [0.1, 0.15) is 5.56 Å². The summed E-state index contributed by atoms with van der Waals surface area (Å²) in [5.41, 5.74) is 0.601. The van der Waals surface area contributed by atoms with Gasteiger partial charge in [-0.25, -0.2) is 28.4 Å². The van der Waals surface area contributed by atoms with Crippen molar-refractivity contribution in [3.63, 3.8) is 0 Å². The van der Waals surface area contributed by atoms with Crippen LogP contribution in [0.3, 0.4) is 0 Å². The molecule has 0 amide bonds. The van der Waals surface area contributed by atoms with Crippen LogP contribution in [0.2, 0.25) is 5.15 Å². The molecular formula is C22H18ClN5O4S. The zero-order valence-electron chi connectivity index (χ0n) is 17.3. The predicted octanol–water partition coefficient (Wildman–Crippen LogP) is 4.33. The zero-order chi connectivity index (χ0) is 23.3. The van der Waals surface area contributed by atoms with E-state index in [2.05, 4.69) is 24.7 Å². The normalized spacial score (nSPS) is 11.1. The molecular weight excluding hydrogens is 466 g/mol. The number of hydrogen-bond donors (Lipinski definition) is 1. The number of nitrogens with zero attached hydrogens (tertiary/aromatic N) is 4. The first kappa shape index (κ1) is 22.4. The topological polar surface area (TPSA) is 116 Å². The SMILES string of the molecule is COc1ccccc1Oc1c(Cl)nc(-c2ncccn2)nc1NS(=O)(=O)Cc1ccccc1. The largest absolute Gasteiger partial charge is 0.493 e. The van der Waals surface area contributed by atoms with Crippen LogP contribution < -0.4 is 14.2 Å². The second-order valence-corrected chi connectivity index (χ2v) is 8.77. The molecule has 0 bridgehead atoms. The molecule has 2 heterocycles. The van der Waals surface area contributed by atoms with Gasteiger partial charge in [0.25, 0.3) is 0 Å². The first-order valence-electron chi connectivity index (χ1n) is 9.65. The summed E-state index contributed by atoms with van der Waals surface area (Å²) in [6, 6.07) is 17.2. The van der Waals surface area contributed by atoms with Crippen molar-refractivity contribution in [2.45, 2.75) is 5.75 Å². The molecule has 1 N–H and O–H groups in total. The number of ether oxygens (including phenoxy) is 2. The second kappa shape index (κ2) is 9.80. The van der Waals surface area contributed by atoms with Gasteiger partial charge in [-0.3, -0.25) is 4.72 Å². The van der Waals surface area contributed by atoms with Gasteiger partial charge in [-0.05, 0) is 23.8 Å². The molecule has 4 rings (SSSR count). The van der Waals surface area contributed by atoms with Gasteiger partial charge in [0, 0.05) is 12.4 Å². The number of hydrogen-bond acceptors (Lipinski definition) is 8. The molecule has 0 unspecified atom stereocenters. The molecule has 11 heteroatoms. The second-order valence-electron chi connectivity index (χ2n) is 6.69. The summed E-state index contributed by atoms with van der Waals surface area (Å²) in [4.78, 5) is 16.7. The van der Waals surface area contributed by atoms with E-state index in [9.17, 15) is 8.42 Å². The highest BCUT2D eigenvalue weighted by atomic mass is 35.5. The highest BCUT2D eigenvalue weighted by molar-refractivity contribution is 7.91. The molecule has 0 aliphatic heterocycles. The lowest BCUT2D eigenvalue weighted by molar-refractivity contribution is 0.378. The Kier molecular flexibility index (Phi) is 6.66. The monoisotopic (exact) mass is 483 g/mol. The van der Waals surface area contributed by atoms with Crippen molar-refractivity contribution in [1.29, 1.82) is 0 Å². The van der Waals surface area contributed by atoms with E-state index in [0.717, 1.165) is 0 Å². The number of nitrogens with one attached hydrogen (secondary N) is 1. The van der Waals surface area contributed by atoms with Crippen molar-refractivity contribution >= 4 is 27.4 Å². The molecule has 0 aliphatic rings. The number of aromatic nitrogens is 4. The van der Waals surface area contributed by atoms with Crippen LogP contribution in [0.4, 0.5) is 5.82 Å². The van der Waals surface area contributed by atoms with E-state index in [-0.39, 0.29) is 34.1 Å². The standard InChI is InChI=1S/C22H18ClN5O4S/c1-31-16-10-5-6-11-17(16)32-18-19(23)26-22(21-24-12-7-13-25-21)27-20(18)28-33(29,30)14-15-8-3-2-4-9-15/h2-13H,14H2,1H3,(H,26,27,28). The number of rotatable bonds is 8. The molecule has 168 valence electrons. The number of para-hydroxylation sites is 2. The van der Waals surface area contributed by atoms with Gasteiger partial charge in [0.05, 0.1) is 12.9 Å². The van der Waals surface area contributed by atoms with Crippen molar-refractivity contribution in [2.24, 2.45) is 0 Å². The molecule has 0 saturated carbocycles. The Morgan fingerprint density at radius 1 is 0.879 bits per heavy atom. The number of benzene rings is 2. The molecule has 2 aromatic carbocycles. The first-order chi connectivity index (χ1) is 15.9. The number of methoxy groups -OCH3 is 1. The van der Waals surface area contributed by atoms with Crippen LogP contribution in [0, 0.1) is 0 Å². The van der Waals surface area contributed by atoms with E-state index < -0.39 is 10.0 Å². The minimum Gasteiger partial charge on any atom is -0.493 e. The Morgan fingerprint density at radius 3 is 2.24 bits per heavy atom. The van der Waals surface area contributed by atoms with Crippen LogP contribution in [0.15, 0.2) is 73.1 Å². The predicted molar refractivity (Wildman–Crippen MR) is 124 cm³/mol. The molecule has 0 aliphatic carbocycles. The molecule has 33 heavy (non-hydrogen) atoms. The smallest absolute Gasteiger partial charge is 0.238 e. The fraction of sp³-hybridized carbons (Fsp3) is 0.0909. The Hall–Kier alpha value is -3.76. The van der Waals surface area contributed by atoms with E-state index in [4.69, 9.17) is 21.1 Å². The third-order valence-electron chi connectivity index (χ3n) is 4.32. The van der Waals surface area contributed by atoms with Crippen LogP contribution >= 0.6 is 11.6 Å². The van der Waals surface area contributed by atoms with Gasteiger partial charge in [0.15, 0.2) is 28.3 Å². The van der Waals surface area contributed by atoms with Crippen LogP contribution in [-0.4, -0.2) is 35.5 Å². The highest BCUT2D eigenvalue weighted by Gasteiger charge is 2.23. The van der Waals surface area contributed by atoms with Gasteiger partial charge in [0.2, 0.25) is 21.6 Å². The fourth-order valence-corrected chi connectivity index (χ4v) is 4.23. The van der Waals surface area contributed by atoms with E-state index in [1.165, 1.54) is 19.5 Å². The third-order valence-corrected chi connectivity index (χ3v) is 5.80. The van der Waals surface area contributed by atoms with E-state index >= 15 is 0 Å². The van der Waals surface area contributed by atoms with Gasteiger partial charge in [-0.1, -0.05) is 54.1 Å². The lowest BCUT2D eigenvalue weighted by Crippen LogP contribution is -2.17. The van der Waals surface area contributed by atoms with Crippen LogP contribution in [0.5, 0.6) is 17.2 Å². The molecule has 0 atom stereocenters. The maximum Gasteiger partial charge on any atom is 0.238 e. The number of sulfonamides is 1. The van der Waals surface area contributed by atoms with Gasteiger partial charge in [-0.2, -0.15) is 0 Å². The summed E-state index contributed by atoms with van der Waals surface area (Å²) in [5.74, 6) is 0.412. The Morgan fingerprint density at radius 2 is 1.55 bits per heavy atom. The van der Waals surface area contributed by atoms with Crippen molar-refractivity contribution in [1.82, 2.24) is 19.9 Å². The quantitative estimate of drug-likeness (QED) is 0.368. The average molecular weight is 484 g/mol. The summed E-state index contributed by atoms with van der Waals surface area (Å²) < 4.78 is 39.5. The van der Waals surface area contributed by atoms with E-state index in [1.807, 2.05) is 0 Å². The molecule has 0 radical (unpaired) electrons. The van der Waals surface area contributed by atoms with Crippen molar-refractivity contribution in [2.75, 3.05) is 11.8 Å². The number of halogens is 1. The Labute approximate surface area is 195 Å². The average Bonchev–Trinajstić information content (AvgIpc) is 2.82. The molecule has 9 nitrogen and oxygen atoms in total. The van der Waals surface area contributed by atoms with Gasteiger partial charge in [0.1, 0.15) is 0 Å². The maximum atomic E-state index is 12.9. The molecule has 0 spiro atoms. The zero-order valence-corrected chi connectivity index (χ0v) is 18.9.